The van der Waals surface area contributed by atoms with Crippen LogP contribution in [0.15, 0.2) is 78.1 Å². The van der Waals surface area contributed by atoms with Crippen molar-refractivity contribution < 1.29 is 26.4 Å². The predicted octanol–water partition coefficient (Wildman–Crippen LogP) is 4.46. The normalized spacial score (nSPS) is 19.4. The fraction of sp³-hybridized carbons (Fsp3) is 0.355. The number of amides is 1. The van der Waals surface area contributed by atoms with Gasteiger partial charge < -0.3 is 4.90 Å². The lowest BCUT2D eigenvalue weighted by Gasteiger charge is -2.32. The Morgan fingerprint density at radius 2 is 1.64 bits per heavy atom. The number of alkyl halides is 2. The Hall–Kier alpha value is -4.10. The van der Waals surface area contributed by atoms with Crippen LogP contribution in [0.3, 0.4) is 0 Å². The highest BCUT2D eigenvalue weighted by Gasteiger charge is 2.50. The second kappa shape index (κ2) is 11.8. The zero-order chi connectivity index (χ0) is 31.1. The Kier molecular flexibility index (Phi) is 8.01. The number of sulfone groups is 1. The first-order valence-electron chi connectivity index (χ1n) is 14.3. The van der Waals surface area contributed by atoms with Gasteiger partial charge >= 0.3 is 0 Å². The van der Waals surface area contributed by atoms with Crippen LogP contribution in [0.2, 0.25) is 0 Å². The fourth-order valence-electron chi connectivity index (χ4n) is 6.10. The lowest BCUT2D eigenvalue weighted by Crippen LogP contribution is -2.35. The third-order valence-corrected chi connectivity index (χ3v) is 9.50. The molecular formula is C31H31F3N6O3S. The summed E-state index contributed by atoms with van der Waals surface area (Å²) in [6.45, 7) is 1.11. The molecule has 0 radical (unpaired) electrons. The Balaban J connectivity index is 1.24. The van der Waals surface area contributed by atoms with Crippen molar-refractivity contribution in [2.45, 2.75) is 42.0 Å². The first kappa shape index (κ1) is 29.9. The average molecular weight is 625 g/mol. The zero-order valence-electron chi connectivity index (χ0n) is 24.0. The lowest BCUT2D eigenvalue weighted by molar-refractivity contribution is -0.00244. The highest BCUT2D eigenvalue weighted by molar-refractivity contribution is 7.90. The van der Waals surface area contributed by atoms with E-state index in [1.807, 2.05) is 0 Å². The van der Waals surface area contributed by atoms with Crippen molar-refractivity contribution in [1.82, 2.24) is 29.5 Å². The summed E-state index contributed by atoms with van der Waals surface area (Å²) in [5, 5.41) is 4.38. The van der Waals surface area contributed by atoms with E-state index in [2.05, 4.69) is 20.0 Å². The van der Waals surface area contributed by atoms with Crippen LogP contribution >= 0.6 is 0 Å². The molecule has 44 heavy (non-hydrogen) atoms. The molecular weight excluding hydrogens is 593 g/mol. The number of aromatic nitrogens is 4. The highest BCUT2D eigenvalue weighted by atomic mass is 32.2. The molecule has 2 aromatic carbocycles. The number of benzene rings is 2. The lowest BCUT2D eigenvalue weighted by atomic mass is 9.90. The molecule has 0 bridgehead atoms. The molecule has 2 aliphatic heterocycles. The minimum absolute atomic E-state index is 0.0859. The van der Waals surface area contributed by atoms with Gasteiger partial charge in [0.15, 0.2) is 15.7 Å². The number of hydrogen-bond donors (Lipinski definition) is 0. The van der Waals surface area contributed by atoms with Gasteiger partial charge in [-0.1, -0.05) is 42.5 Å². The highest BCUT2D eigenvalue weighted by Crippen LogP contribution is 2.41. The summed E-state index contributed by atoms with van der Waals surface area (Å²) in [5.74, 6) is -5.47. The molecule has 6 rings (SSSR count). The van der Waals surface area contributed by atoms with Crippen LogP contribution in [0, 0.1) is 5.82 Å². The molecule has 4 aromatic rings. The maximum Gasteiger partial charge on any atom is 0.273 e. The van der Waals surface area contributed by atoms with Gasteiger partial charge in [0.1, 0.15) is 0 Å². The molecule has 0 N–H and O–H groups in total. The Morgan fingerprint density at radius 1 is 0.977 bits per heavy atom. The zero-order valence-corrected chi connectivity index (χ0v) is 24.8. The molecule has 1 amide bonds. The number of hydrogen-bond acceptors (Lipinski definition) is 7. The van der Waals surface area contributed by atoms with Gasteiger partial charge in [-0.2, -0.15) is 5.10 Å². The van der Waals surface area contributed by atoms with E-state index in [0.717, 1.165) is 18.0 Å². The summed E-state index contributed by atoms with van der Waals surface area (Å²) in [7, 11) is -3.28. The molecule has 0 saturated carbocycles. The monoisotopic (exact) mass is 624 g/mol. The number of rotatable bonds is 7. The van der Waals surface area contributed by atoms with Crippen LogP contribution in [0.1, 0.15) is 51.9 Å². The Morgan fingerprint density at radius 3 is 2.27 bits per heavy atom. The molecule has 0 unspecified atom stereocenters. The smallest absolute Gasteiger partial charge is 0.273 e. The molecule has 230 valence electrons. The van der Waals surface area contributed by atoms with Crippen molar-refractivity contribution in [1.29, 1.82) is 0 Å². The second-order valence-corrected chi connectivity index (χ2v) is 13.4. The molecule has 0 spiro atoms. The molecule has 0 aliphatic carbocycles. The maximum absolute atomic E-state index is 15.2. The first-order chi connectivity index (χ1) is 21.0. The van der Waals surface area contributed by atoms with Crippen LogP contribution in [-0.4, -0.2) is 82.2 Å². The van der Waals surface area contributed by atoms with Gasteiger partial charge in [-0.25, -0.2) is 36.2 Å². The summed E-state index contributed by atoms with van der Waals surface area (Å²) in [6.07, 6.45) is 5.84. The number of nitrogens with zero attached hydrogens (tertiary/aromatic N) is 6. The summed E-state index contributed by atoms with van der Waals surface area (Å²) in [5.41, 5.74) is 2.17. The van der Waals surface area contributed by atoms with Crippen molar-refractivity contribution in [2.24, 2.45) is 0 Å². The molecule has 2 fully saturated rings. The molecule has 1 atom stereocenters. The van der Waals surface area contributed by atoms with Gasteiger partial charge in [0, 0.05) is 25.3 Å². The van der Waals surface area contributed by atoms with Crippen LogP contribution < -0.4 is 0 Å². The van der Waals surface area contributed by atoms with E-state index in [1.165, 1.54) is 22.0 Å². The van der Waals surface area contributed by atoms with Gasteiger partial charge in [-0.3, -0.25) is 9.69 Å². The number of piperidine rings is 1. The van der Waals surface area contributed by atoms with Gasteiger partial charge in [-0.05, 0) is 49.2 Å². The van der Waals surface area contributed by atoms with E-state index >= 15 is 8.78 Å². The average Bonchev–Trinajstić information content (AvgIpc) is 3.59. The Bertz CT molecular complexity index is 1740. The fourth-order valence-corrected chi connectivity index (χ4v) is 6.73. The predicted molar refractivity (Wildman–Crippen MR) is 156 cm³/mol. The van der Waals surface area contributed by atoms with E-state index in [-0.39, 0.29) is 28.9 Å². The van der Waals surface area contributed by atoms with E-state index in [1.54, 1.807) is 54.6 Å². The van der Waals surface area contributed by atoms with Crippen molar-refractivity contribution in [2.75, 3.05) is 32.4 Å². The molecule has 13 heteroatoms. The van der Waals surface area contributed by atoms with Crippen molar-refractivity contribution >= 4 is 15.7 Å². The van der Waals surface area contributed by atoms with E-state index in [9.17, 15) is 17.6 Å². The standard InChI is InChI=1S/C31H31F3N6O3S/c1-44(42,43)25-9-7-21(8-10-25)18-38-13-11-23(12-14-38)28-26(17-37-40(28)30-35-15-24(32)16-36-30)29(41)39-19-27(31(33,34)20-39)22-5-3-2-4-6-22/h2-10,15-17,23,27H,11-14,18-20H2,1H3/t27-/m1/s1. The maximum atomic E-state index is 15.2. The van der Waals surface area contributed by atoms with Crippen LogP contribution in [0.5, 0.6) is 0 Å². The minimum Gasteiger partial charge on any atom is -0.332 e. The van der Waals surface area contributed by atoms with E-state index in [4.69, 9.17) is 0 Å². The topological polar surface area (TPSA) is 101 Å². The molecule has 2 aromatic heterocycles. The van der Waals surface area contributed by atoms with Crippen molar-refractivity contribution in [3.63, 3.8) is 0 Å². The van der Waals surface area contributed by atoms with Crippen LogP contribution in [0.4, 0.5) is 13.2 Å². The number of carbonyl (C=O) groups excluding carboxylic acids is 1. The summed E-state index contributed by atoms with van der Waals surface area (Å²) in [6, 6.07) is 15.3. The summed E-state index contributed by atoms with van der Waals surface area (Å²) < 4.78 is 69.0. The molecule has 9 nitrogen and oxygen atoms in total. The van der Waals surface area contributed by atoms with E-state index in [0.29, 0.717) is 43.7 Å². The second-order valence-electron chi connectivity index (χ2n) is 11.4. The number of halogens is 3. The van der Waals surface area contributed by atoms with Gasteiger partial charge in [-0.15, -0.1) is 0 Å². The van der Waals surface area contributed by atoms with Crippen molar-refractivity contribution in [3.05, 3.63) is 101 Å². The van der Waals surface area contributed by atoms with Crippen molar-refractivity contribution in [3.8, 4) is 5.95 Å². The van der Waals surface area contributed by atoms with Gasteiger partial charge in [0.05, 0.1) is 47.2 Å². The Labute approximate surface area is 253 Å². The van der Waals surface area contributed by atoms with E-state index < -0.39 is 39.9 Å². The molecule has 2 saturated heterocycles. The third kappa shape index (κ3) is 6.11. The number of likely N-dealkylation sites (tertiary alicyclic amines) is 2. The molecule has 2 aliphatic rings. The van der Waals surface area contributed by atoms with Gasteiger partial charge in [0.2, 0.25) is 0 Å². The summed E-state index contributed by atoms with van der Waals surface area (Å²) in [4.78, 5) is 25.7. The quantitative estimate of drug-likeness (QED) is 0.299. The van der Waals surface area contributed by atoms with Crippen LogP contribution in [-0.2, 0) is 16.4 Å². The largest absolute Gasteiger partial charge is 0.332 e. The van der Waals surface area contributed by atoms with Gasteiger partial charge in [0.25, 0.3) is 17.8 Å². The minimum atomic E-state index is -3.28. The molecule has 4 heterocycles. The number of carbonyl (C=O) groups is 1. The van der Waals surface area contributed by atoms with Crippen LogP contribution in [0.25, 0.3) is 5.95 Å². The third-order valence-electron chi connectivity index (χ3n) is 8.37. The SMILES string of the molecule is CS(=O)(=O)c1ccc(CN2CCC(c3c(C(=O)N4C[C@H](c5ccccc5)C(F)(F)C4)cnn3-c3ncc(F)cn3)CC2)cc1. The first-order valence-corrected chi connectivity index (χ1v) is 16.2. The summed E-state index contributed by atoms with van der Waals surface area (Å²) >= 11 is 0.